The van der Waals surface area contributed by atoms with E-state index in [1.165, 1.54) is 0 Å². The highest BCUT2D eigenvalue weighted by Crippen LogP contribution is 2.25. The van der Waals surface area contributed by atoms with Crippen LogP contribution in [0.2, 0.25) is 0 Å². The van der Waals surface area contributed by atoms with Gasteiger partial charge in [-0.1, -0.05) is 0 Å². The number of aliphatic hydroxyl groups excluding tert-OH is 1. The van der Waals surface area contributed by atoms with Gasteiger partial charge in [0, 0.05) is 0 Å². The highest BCUT2D eigenvalue weighted by Gasteiger charge is 2.21. The first-order chi connectivity index (χ1) is 7.25. The number of hydrogen-bond donors (Lipinski definition) is 2. The number of hydrogen-bond acceptors (Lipinski definition) is 4. The average molecular weight is 210 g/mol. The summed E-state index contributed by atoms with van der Waals surface area (Å²) in [5.74, 6) is 1.06. The predicted molar refractivity (Wildman–Crippen MR) is 56.4 cm³/mol. The fourth-order valence-corrected chi connectivity index (χ4v) is 2.06. The van der Waals surface area contributed by atoms with Crippen molar-refractivity contribution in [2.75, 3.05) is 13.1 Å². The number of aromatic nitrogens is 1. The van der Waals surface area contributed by atoms with Crippen molar-refractivity contribution >= 4 is 0 Å². The monoisotopic (exact) mass is 210 g/mol. The van der Waals surface area contributed by atoms with Crippen molar-refractivity contribution in [3.8, 4) is 0 Å². The lowest BCUT2D eigenvalue weighted by molar-refractivity contribution is 0.106. The molecule has 0 spiro atoms. The van der Waals surface area contributed by atoms with Crippen molar-refractivity contribution < 1.29 is 9.52 Å². The SMILES string of the molecule is Cc1coc(C(O)CC2CCNCC2)n1. The van der Waals surface area contributed by atoms with Gasteiger partial charge in [-0.05, 0) is 45.2 Å². The Bertz CT molecular complexity index is 305. The molecule has 2 rings (SSSR count). The van der Waals surface area contributed by atoms with Crippen LogP contribution in [0.5, 0.6) is 0 Å². The van der Waals surface area contributed by atoms with Gasteiger partial charge < -0.3 is 14.8 Å². The topological polar surface area (TPSA) is 58.3 Å². The molecule has 1 unspecified atom stereocenters. The van der Waals surface area contributed by atoms with Crippen molar-refractivity contribution in [2.24, 2.45) is 5.92 Å². The van der Waals surface area contributed by atoms with Gasteiger partial charge in [0.05, 0.1) is 5.69 Å². The normalized spacial score (nSPS) is 20.4. The molecule has 0 aliphatic carbocycles. The van der Waals surface area contributed by atoms with Crippen LogP contribution in [0.25, 0.3) is 0 Å². The molecule has 15 heavy (non-hydrogen) atoms. The summed E-state index contributed by atoms with van der Waals surface area (Å²) in [6.45, 7) is 3.98. The molecule has 84 valence electrons. The maximum atomic E-state index is 9.91. The van der Waals surface area contributed by atoms with E-state index in [1.807, 2.05) is 6.92 Å². The van der Waals surface area contributed by atoms with E-state index in [0.29, 0.717) is 11.8 Å². The third-order valence-electron chi connectivity index (χ3n) is 2.94. The molecule has 1 aromatic heterocycles. The quantitative estimate of drug-likeness (QED) is 0.792. The number of rotatable bonds is 3. The second kappa shape index (κ2) is 4.77. The number of aryl methyl sites for hydroxylation is 1. The van der Waals surface area contributed by atoms with E-state index in [4.69, 9.17) is 4.42 Å². The Kier molecular flexibility index (Phi) is 3.38. The van der Waals surface area contributed by atoms with Gasteiger partial charge in [0.25, 0.3) is 0 Å². The zero-order chi connectivity index (χ0) is 10.7. The van der Waals surface area contributed by atoms with Crippen molar-refractivity contribution in [1.82, 2.24) is 10.3 Å². The molecular weight excluding hydrogens is 192 g/mol. The summed E-state index contributed by atoms with van der Waals surface area (Å²) in [6.07, 6.45) is 4.08. The molecule has 4 nitrogen and oxygen atoms in total. The highest BCUT2D eigenvalue weighted by molar-refractivity contribution is 4.96. The summed E-state index contributed by atoms with van der Waals surface area (Å²) < 4.78 is 5.19. The molecule has 0 amide bonds. The van der Waals surface area contributed by atoms with Gasteiger partial charge >= 0.3 is 0 Å². The van der Waals surface area contributed by atoms with E-state index in [1.54, 1.807) is 6.26 Å². The lowest BCUT2D eigenvalue weighted by atomic mass is 9.92. The van der Waals surface area contributed by atoms with Crippen molar-refractivity contribution in [1.29, 1.82) is 0 Å². The Morgan fingerprint density at radius 2 is 2.33 bits per heavy atom. The molecule has 4 heteroatoms. The van der Waals surface area contributed by atoms with Gasteiger partial charge in [-0.3, -0.25) is 0 Å². The summed E-state index contributed by atoms with van der Waals surface area (Å²) in [6, 6.07) is 0. The second-order valence-electron chi connectivity index (χ2n) is 4.27. The molecule has 0 radical (unpaired) electrons. The summed E-state index contributed by atoms with van der Waals surface area (Å²) in [4.78, 5) is 4.14. The smallest absolute Gasteiger partial charge is 0.223 e. The van der Waals surface area contributed by atoms with Crippen LogP contribution in [0, 0.1) is 12.8 Å². The lowest BCUT2D eigenvalue weighted by Crippen LogP contribution is -2.28. The van der Waals surface area contributed by atoms with Crippen LogP contribution in [0.1, 0.15) is 37.0 Å². The molecule has 0 aromatic carbocycles. The third-order valence-corrected chi connectivity index (χ3v) is 2.94. The lowest BCUT2D eigenvalue weighted by Gasteiger charge is -2.23. The minimum Gasteiger partial charge on any atom is -0.446 e. The summed E-state index contributed by atoms with van der Waals surface area (Å²) in [5.41, 5.74) is 0.828. The van der Waals surface area contributed by atoms with E-state index in [-0.39, 0.29) is 0 Å². The second-order valence-corrected chi connectivity index (χ2v) is 4.27. The predicted octanol–water partition coefficient (Wildman–Crippen LogP) is 1.41. The van der Waals surface area contributed by atoms with E-state index in [0.717, 1.165) is 38.0 Å². The number of nitrogens with zero attached hydrogens (tertiary/aromatic N) is 1. The van der Waals surface area contributed by atoms with Crippen molar-refractivity contribution in [3.05, 3.63) is 17.8 Å². The van der Waals surface area contributed by atoms with Gasteiger partial charge in [-0.2, -0.15) is 0 Å². The van der Waals surface area contributed by atoms with E-state index in [9.17, 15) is 5.11 Å². The van der Waals surface area contributed by atoms with Gasteiger partial charge in [-0.25, -0.2) is 4.98 Å². The zero-order valence-corrected chi connectivity index (χ0v) is 9.07. The number of piperidine rings is 1. The molecule has 1 atom stereocenters. The number of nitrogens with one attached hydrogen (secondary N) is 1. The zero-order valence-electron chi connectivity index (χ0n) is 9.07. The first kappa shape index (κ1) is 10.6. The maximum Gasteiger partial charge on any atom is 0.223 e. The van der Waals surface area contributed by atoms with Gasteiger partial charge in [0.1, 0.15) is 12.4 Å². The Morgan fingerprint density at radius 3 is 2.93 bits per heavy atom. The van der Waals surface area contributed by atoms with E-state index < -0.39 is 6.10 Å². The van der Waals surface area contributed by atoms with Crippen LogP contribution >= 0.6 is 0 Å². The summed E-state index contributed by atoms with van der Waals surface area (Å²) in [7, 11) is 0. The standard InChI is InChI=1S/C11H18N2O2/c1-8-7-15-11(13-8)10(14)6-9-2-4-12-5-3-9/h7,9-10,12,14H,2-6H2,1H3. The van der Waals surface area contributed by atoms with Crippen LogP contribution in [0.3, 0.4) is 0 Å². The van der Waals surface area contributed by atoms with Gasteiger partial charge in [0.15, 0.2) is 0 Å². The minimum absolute atomic E-state index is 0.464. The van der Waals surface area contributed by atoms with E-state index in [2.05, 4.69) is 10.3 Å². The maximum absolute atomic E-state index is 9.91. The van der Waals surface area contributed by atoms with Crippen molar-refractivity contribution in [2.45, 2.75) is 32.3 Å². The van der Waals surface area contributed by atoms with Crippen LogP contribution in [-0.2, 0) is 0 Å². The molecule has 2 N–H and O–H groups in total. The van der Waals surface area contributed by atoms with E-state index >= 15 is 0 Å². The van der Waals surface area contributed by atoms with Crippen LogP contribution in [0.15, 0.2) is 10.7 Å². The molecule has 2 heterocycles. The fourth-order valence-electron chi connectivity index (χ4n) is 2.06. The third kappa shape index (κ3) is 2.79. The first-order valence-electron chi connectivity index (χ1n) is 5.56. The summed E-state index contributed by atoms with van der Waals surface area (Å²) in [5, 5.41) is 13.2. The first-order valence-corrected chi connectivity index (χ1v) is 5.56. The molecular formula is C11H18N2O2. The minimum atomic E-state index is -0.540. The Labute approximate surface area is 89.7 Å². The largest absolute Gasteiger partial charge is 0.446 e. The molecule has 0 saturated carbocycles. The van der Waals surface area contributed by atoms with Crippen molar-refractivity contribution in [3.63, 3.8) is 0 Å². The molecule has 1 aliphatic heterocycles. The Balaban J connectivity index is 1.88. The highest BCUT2D eigenvalue weighted by atomic mass is 16.4. The van der Waals surface area contributed by atoms with Crippen LogP contribution in [0.4, 0.5) is 0 Å². The average Bonchev–Trinajstić information content (AvgIpc) is 2.66. The Morgan fingerprint density at radius 1 is 1.60 bits per heavy atom. The van der Waals surface area contributed by atoms with Crippen LogP contribution in [-0.4, -0.2) is 23.2 Å². The van der Waals surface area contributed by atoms with Gasteiger partial charge in [-0.15, -0.1) is 0 Å². The summed E-state index contributed by atoms with van der Waals surface area (Å²) >= 11 is 0. The van der Waals surface area contributed by atoms with Gasteiger partial charge in [0.2, 0.25) is 5.89 Å². The molecule has 0 bridgehead atoms. The molecule has 1 aliphatic rings. The van der Waals surface area contributed by atoms with Crippen LogP contribution < -0.4 is 5.32 Å². The number of aliphatic hydroxyl groups is 1. The fraction of sp³-hybridized carbons (Fsp3) is 0.727. The number of oxazole rings is 1. The Hall–Kier alpha value is -0.870. The molecule has 1 saturated heterocycles. The molecule has 1 aromatic rings. The molecule has 1 fully saturated rings.